The molecule has 0 fully saturated rings. The summed E-state index contributed by atoms with van der Waals surface area (Å²) in [4.78, 5) is 4.28. The standard InChI is InChI=1S/C10H11ClN2/c1-7-4-3-5-10-12-6-9(8(2)11)13(7)10/h3-6,8H,1-2H3. The van der Waals surface area contributed by atoms with Crippen LogP contribution in [0.1, 0.15) is 23.7 Å². The lowest BCUT2D eigenvalue weighted by Crippen LogP contribution is -1.96. The fourth-order valence-electron chi connectivity index (χ4n) is 1.51. The van der Waals surface area contributed by atoms with E-state index in [0.717, 1.165) is 17.0 Å². The van der Waals surface area contributed by atoms with Gasteiger partial charge in [-0.3, -0.25) is 4.40 Å². The van der Waals surface area contributed by atoms with Crippen molar-refractivity contribution in [2.45, 2.75) is 19.2 Å². The summed E-state index contributed by atoms with van der Waals surface area (Å²) < 4.78 is 2.08. The molecule has 1 unspecified atom stereocenters. The van der Waals surface area contributed by atoms with Crippen LogP contribution in [0.25, 0.3) is 5.65 Å². The molecular formula is C10H11ClN2. The average molecular weight is 195 g/mol. The minimum atomic E-state index is -0.00361. The summed E-state index contributed by atoms with van der Waals surface area (Å²) in [6, 6.07) is 6.04. The summed E-state index contributed by atoms with van der Waals surface area (Å²) in [5.41, 5.74) is 3.18. The molecule has 3 heteroatoms. The minimum absolute atomic E-state index is 0.00361. The second-order valence-electron chi connectivity index (χ2n) is 3.16. The molecule has 1 atom stereocenters. The van der Waals surface area contributed by atoms with Gasteiger partial charge in [-0.25, -0.2) is 4.98 Å². The molecule has 2 heterocycles. The topological polar surface area (TPSA) is 17.3 Å². The van der Waals surface area contributed by atoms with E-state index < -0.39 is 0 Å². The van der Waals surface area contributed by atoms with Crippen LogP contribution in [-0.2, 0) is 0 Å². The van der Waals surface area contributed by atoms with Crippen LogP contribution in [0.4, 0.5) is 0 Å². The lowest BCUT2D eigenvalue weighted by atomic mass is 10.3. The zero-order valence-electron chi connectivity index (χ0n) is 7.66. The monoisotopic (exact) mass is 194 g/mol. The van der Waals surface area contributed by atoms with Gasteiger partial charge in [-0.05, 0) is 26.0 Å². The Morgan fingerprint density at radius 2 is 2.23 bits per heavy atom. The number of pyridine rings is 1. The molecule has 13 heavy (non-hydrogen) atoms. The highest BCUT2D eigenvalue weighted by atomic mass is 35.5. The molecule has 0 spiro atoms. The first-order chi connectivity index (χ1) is 6.20. The number of alkyl halides is 1. The summed E-state index contributed by atoms with van der Waals surface area (Å²) in [5.74, 6) is 0. The summed E-state index contributed by atoms with van der Waals surface area (Å²) >= 11 is 6.03. The van der Waals surface area contributed by atoms with Gasteiger partial charge in [-0.15, -0.1) is 11.6 Å². The maximum absolute atomic E-state index is 6.03. The van der Waals surface area contributed by atoms with Crippen molar-refractivity contribution in [1.29, 1.82) is 0 Å². The van der Waals surface area contributed by atoms with Crippen LogP contribution in [0.15, 0.2) is 24.4 Å². The van der Waals surface area contributed by atoms with Crippen molar-refractivity contribution in [3.63, 3.8) is 0 Å². The lowest BCUT2D eigenvalue weighted by molar-refractivity contribution is 0.934. The molecule has 2 aromatic heterocycles. The largest absolute Gasteiger partial charge is 0.300 e. The number of halogens is 1. The van der Waals surface area contributed by atoms with Crippen molar-refractivity contribution < 1.29 is 0 Å². The molecular weight excluding hydrogens is 184 g/mol. The first kappa shape index (κ1) is 8.57. The Bertz CT molecular complexity index is 431. The Morgan fingerprint density at radius 1 is 1.46 bits per heavy atom. The number of fused-ring (bicyclic) bond motifs is 1. The number of aryl methyl sites for hydroxylation is 1. The Labute approximate surface area is 82.2 Å². The van der Waals surface area contributed by atoms with Crippen LogP contribution < -0.4 is 0 Å². The number of nitrogens with zero attached hydrogens (tertiary/aromatic N) is 2. The third-order valence-electron chi connectivity index (χ3n) is 2.16. The Morgan fingerprint density at radius 3 is 2.92 bits per heavy atom. The van der Waals surface area contributed by atoms with Crippen molar-refractivity contribution in [1.82, 2.24) is 9.38 Å². The van der Waals surface area contributed by atoms with Gasteiger partial charge in [0.15, 0.2) is 0 Å². The molecule has 0 aliphatic rings. The third kappa shape index (κ3) is 1.31. The van der Waals surface area contributed by atoms with E-state index in [2.05, 4.69) is 22.4 Å². The van der Waals surface area contributed by atoms with Crippen molar-refractivity contribution in [2.24, 2.45) is 0 Å². The number of hydrogen-bond donors (Lipinski definition) is 0. The summed E-state index contributed by atoms with van der Waals surface area (Å²) in [6.45, 7) is 4.01. The molecule has 68 valence electrons. The zero-order valence-corrected chi connectivity index (χ0v) is 8.42. The van der Waals surface area contributed by atoms with E-state index in [0.29, 0.717) is 0 Å². The van der Waals surface area contributed by atoms with Crippen LogP contribution in [0.2, 0.25) is 0 Å². The first-order valence-electron chi connectivity index (χ1n) is 4.27. The highest BCUT2D eigenvalue weighted by Crippen LogP contribution is 2.21. The SMILES string of the molecule is Cc1cccc2ncc(C(C)Cl)n12. The van der Waals surface area contributed by atoms with Crippen molar-refractivity contribution in [3.05, 3.63) is 35.8 Å². The van der Waals surface area contributed by atoms with E-state index in [1.807, 2.05) is 25.3 Å². The number of hydrogen-bond acceptors (Lipinski definition) is 1. The van der Waals surface area contributed by atoms with Crippen molar-refractivity contribution in [3.8, 4) is 0 Å². The minimum Gasteiger partial charge on any atom is -0.300 e. The van der Waals surface area contributed by atoms with E-state index in [-0.39, 0.29) is 5.38 Å². The van der Waals surface area contributed by atoms with Gasteiger partial charge >= 0.3 is 0 Å². The van der Waals surface area contributed by atoms with Gasteiger partial charge in [-0.1, -0.05) is 6.07 Å². The summed E-state index contributed by atoms with van der Waals surface area (Å²) in [5, 5.41) is -0.00361. The summed E-state index contributed by atoms with van der Waals surface area (Å²) in [6.07, 6.45) is 1.83. The smallest absolute Gasteiger partial charge is 0.137 e. The molecule has 0 N–H and O–H groups in total. The van der Waals surface area contributed by atoms with E-state index >= 15 is 0 Å². The van der Waals surface area contributed by atoms with Crippen LogP contribution in [0, 0.1) is 6.92 Å². The third-order valence-corrected chi connectivity index (χ3v) is 2.38. The predicted molar refractivity (Wildman–Crippen MR) is 54.2 cm³/mol. The first-order valence-corrected chi connectivity index (χ1v) is 4.71. The molecule has 0 amide bonds. The van der Waals surface area contributed by atoms with E-state index in [4.69, 9.17) is 11.6 Å². The molecule has 2 aromatic rings. The van der Waals surface area contributed by atoms with Crippen LogP contribution in [-0.4, -0.2) is 9.38 Å². The molecule has 2 rings (SSSR count). The van der Waals surface area contributed by atoms with E-state index in [1.165, 1.54) is 0 Å². The molecule has 0 aromatic carbocycles. The lowest BCUT2D eigenvalue weighted by Gasteiger charge is -2.05. The van der Waals surface area contributed by atoms with Crippen LogP contribution in [0.3, 0.4) is 0 Å². The van der Waals surface area contributed by atoms with E-state index in [1.54, 1.807) is 0 Å². The second kappa shape index (κ2) is 3.04. The molecule has 0 radical (unpaired) electrons. The zero-order chi connectivity index (χ0) is 9.42. The second-order valence-corrected chi connectivity index (χ2v) is 3.81. The van der Waals surface area contributed by atoms with Gasteiger partial charge < -0.3 is 0 Å². The molecule has 0 saturated carbocycles. The maximum Gasteiger partial charge on any atom is 0.137 e. The van der Waals surface area contributed by atoms with E-state index in [9.17, 15) is 0 Å². The Hall–Kier alpha value is -1.02. The van der Waals surface area contributed by atoms with Crippen molar-refractivity contribution in [2.75, 3.05) is 0 Å². The van der Waals surface area contributed by atoms with Gasteiger partial charge in [-0.2, -0.15) is 0 Å². The molecule has 0 aliphatic carbocycles. The van der Waals surface area contributed by atoms with Gasteiger partial charge in [0.25, 0.3) is 0 Å². The number of aromatic nitrogens is 2. The van der Waals surface area contributed by atoms with Gasteiger partial charge in [0, 0.05) is 5.69 Å². The maximum atomic E-state index is 6.03. The Kier molecular flexibility index (Phi) is 2.00. The quantitative estimate of drug-likeness (QED) is 0.638. The van der Waals surface area contributed by atoms with Crippen LogP contribution >= 0.6 is 11.6 Å². The average Bonchev–Trinajstić information content (AvgIpc) is 2.49. The molecule has 0 saturated heterocycles. The fourth-order valence-corrected chi connectivity index (χ4v) is 1.66. The highest BCUT2D eigenvalue weighted by Gasteiger charge is 2.08. The van der Waals surface area contributed by atoms with Gasteiger partial charge in [0.2, 0.25) is 0 Å². The number of rotatable bonds is 1. The predicted octanol–water partition coefficient (Wildman–Crippen LogP) is 2.94. The van der Waals surface area contributed by atoms with Gasteiger partial charge in [0.1, 0.15) is 5.65 Å². The summed E-state index contributed by atoms with van der Waals surface area (Å²) in [7, 11) is 0. The van der Waals surface area contributed by atoms with Gasteiger partial charge in [0.05, 0.1) is 17.3 Å². The normalized spacial score (nSPS) is 13.5. The fraction of sp³-hybridized carbons (Fsp3) is 0.300. The van der Waals surface area contributed by atoms with Crippen LogP contribution in [0.5, 0.6) is 0 Å². The number of imidazole rings is 1. The molecule has 2 nitrogen and oxygen atoms in total. The molecule has 0 aliphatic heterocycles. The van der Waals surface area contributed by atoms with Crippen molar-refractivity contribution >= 4 is 17.2 Å². The molecule has 0 bridgehead atoms. The Balaban J connectivity index is 2.79. The highest BCUT2D eigenvalue weighted by molar-refractivity contribution is 6.20.